The molecular weight excluding hydrogens is 170 g/mol. The molecule has 0 aliphatic heterocycles. The van der Waals surface area contributed by atoms with Crippen LogP contribution in [0, 0.1) is 11.8 Å². The van der Waals surface area contributed by atoms with E-state index in [1.165, 1.54) is 43.3 Å². The third-order valence-electron chi connectivity index (χ3n) is 3.66. The Morgan fingerprint density at radius 1 is 1.43 bits per heavy atom. The van der Waals surface area contributed by atoms with E-state index in [1.807, 2.05) is 0 Å². The smallest absolute Gasteiger partial charge is 0.0139 e. The van der Waals surface area contributed by atoms with Crippen LogP contribution in [0.3, 0.4) is 0 Å². The highest BCUT2D eigenvalue weighted by Gasteiger charge is 2.33. The van der Waals surface area contributed by atoms with E-state index < -0.39 is 0 Å². The minimum Gasteiger partial charge on any atom is -0.327 e. The molecule has 1 heteroatoms. The Labute approximate surface area is 87.1 Å². The summed E-state index contributed by atoms with van der Waals surface area (Å²) >= 11 is 0. The van der Waals surface area contributed by atoms with Crippen LogP contribution in [0.15, 0.2) is 23.3 Å². The molecule has 2 atom stereocenters. The molecule has 0 spiro atoms. The highest BCUT2D eigenvalue weighted by molar-refractivity contribution is 5.37. The quantitative estimate of drug-likeness (QED) is 0.667. The SMILES string of the molecule is C=C1CC1C1=C(CN)CCCC(C)C1. The normalized spacial score (nSPS) is 33.1. The molecule has 0 aromatic carbocycles. The first-order valence-electron chi connectivity index (χ1n) is 5.81. The second-order valence-electron chi connectivity index (χ2n) is 4.95. The van der Waals surface area contributed by atoms with E-state index in [1.54, 1.807) is 5.57 Å². The van der Waals surface area contributed by atoms with Gasteiger partial charge in [0, 0.05) is 12.5 Å². The van der Waals surface area contributed by atoms with Crippen LogP contribution in [-0.2, 0) is 0 Å². The largest absolute Gasteiger partial charge is 0.327 e. The summed E-state index contributed by atoms with van der Waals surface area (Å²) in [5.41, 5.74) is 10.5. The van der Waals surface area contributed by atoms with Crippen LogP contribution in [0.5, 0.6) is 0 Å². The zero-order valence-electron chi connectivity index (χ0n) is 9.18. The molecule has 2 aliphatic rings. The van der Waals surface area contributed by atoms with Gasteiger partial charge in [-0.15, -0.1) is 0 Å². The predicted molar refractivity (Wildman–Crippen MR) is 61.0 cm³/mol. The van der Waals surface area contributed by atoms with Gasteiger partial charge in [-0.3, -0.25) is 0 Å². The maximum atomic E-state index is 5.83. The van der Waals surface area contributed by atoms with Crippen molar-refractivity contribution in [2.45, 2.75) is 39.0 Å². The first-order valence-corrected chi connectivity index (χ1v) is 5.81. The first-order chi connectivity index (χ1) is 6.72. The van der Waals surface area contributed by atoms with Gasteiger partial charge in [0.25, 0.3) is 0 Å². The third-order valence-corrected chi connectivity index (χ3v) is 3.66. The van der Waals surface area contributed by atoms with E-state index in [9.17, 15) is 0 Å². The molecule has 1 saturated carbocycles. The van der Waals surface area contributed by atoms with Gasteiger partial charge >= 0.3 is 0 Å². The summed E-state index contributed by atoms with van der Waals surface area (Å²) in [6.07, 6.45) is 6.43. The fourth-order valence-corrected chi connectivity index (χ4v) is 2.64. The first kappa shape index (κ1) is 9.97. The number of nitrogens with two attached hydrogens (primary N) is 1. The number of allylic oxidation sites excluding steroid dienone is 2. The lowest BCUT2D eigenvalue weighted by Gasteiger charge is -2.12. The molecule has 0 radical (unpaired) electrons. The summed E-state index contributed by atoms with van der Waals surface area (Å²) in [5.74, 6) is 1.57. The fourth-order valence-electron chi connectivity index (χ4n) is 2.64. The Hall–Kier alpha value is -0.560. The summed E-state index contributed by atoms with van der Waals surface area (Å²) < 4.78 is 0. The van der Waals surface area contributed by atoms with E-state index in [4.69, 9.17) is 5.73 Å². The molecule has 1 fully saturated rings. The average Bonchev–Trinajstić information content (AvgIpc) is 2.88. The highest BCUT2D eigenvalue weighted by atomic mass is 14.5. The number of rotatable bonds is 2. The lowest BCUT2D eigenvalue weighted by Crippen LogP contribution is -2.07. The zero-order chi connectivity index (χ0) is 10.1. The molecule has 2 N–H and O–H groups in total. The predicted octanol–water partition coefficient (Wildman–Crippen LogP) is 3.03. The maximum Gasteiger partial charge on any atom is 0.0139 e. The summed E-state index contributed by atoms with van der Waals surface area (Å²) in [6.45, 7) is 7.21. The van der Waals surface area contributed by atoms with Gasteiger partial charge in [-0.25, -0.2) is 0 Å². The van der Waals surface area contributed by atoms with E-state index in [2.05, 4.69) is 13.5 Å². The number of hydrogen-bond acceptors (Lipinski definition) is 1. The van der Waals surface area contributed by atoms with Crippen LogP contribution in [0.2, 0.25) is 0 Å². The molecule has 0 aromatic rings. The molecule has 78 valence electrons. The van der Waals surface area contributed by atoms with Crippen molar-refractivity contribution in [2.75, 3.05) is 6.54 Å². The van der Waals surface area contributed by atoms with Crippen molar-refractivity contribution < 1.29 is 0 Å². The van der Waals surface area contributed by atoms with Crippen LogP contribution in [0.25, 0.3) is 0 Å². The molecule has 1 nitrogen and oxygen atoms in total. The van der Waals surface area contributed by atoms with Gasteiger partial charge in [-0.1, -0.05) is 36.6 Å². The molecule has 0 amide bonds. The number of hydrogen-bond donors (Lipinski definition) is 1. The molecule has 0 bridgehead atoms. The molecule has 14 heavy (non-hydrogen) atoms. The van der Waals surface area contributed by atoms with Gasteiger partial charge in [0.05, 0.1) is 0 Å². The Morgan fingerprint density at radius 3 is 2.71 bits per heavy atom. The van der Waals surface area contributed by atoms with E-state index in [0.29, 0.717) is 5.92 Å². The van der Waals surface area contributed by atoms with Crippen molar-refractivity contribution in [3.63, 3.8) is 0 Å². The van der Waals surface area contributed by atoms with Crippen molar-refractivity contribution >= 4 is 0 Å². The standard InChI is InChI=1S/C13H21N/c1-9-4-3-5-11(8-14)13(6-9)12-7-10(12)2/h9,12H,2-8,14H2,1H3. The summed E-state index contributed by atoms with van der Waals surface area (Å²) in [4.78, 5) is 0. The molecule has 0 saturated heterocycles. The van der Waals surface area contributed by atoms with Crippen LogP contribution >= 0.6 is 0 Å². The summed E-state index contributed by atoms with van der Waals surface area (Å²) in [7, 11) is 0. The fraction of sp³-hybridized carbons (Fsp3) is 0.692. The molecule has 2 rings (SSSR count). The van der Waals surface area contributed by atoms with Crippen molar-refractivity contribution in [2.24, 2.45) is 17.6 Å². The van der Waals surface area contributed by atoms with Crippen LogP contribution in [0.4, 0.5) is 0 Å². The molecule has 2 aliphatic carbocycles. The Balaban J connectivity index is 2.18. The van der Waals surface area contributed by atoms with Gasteiger partial charge in [0.2, 0.25) is 0 Å². The monoisotopic (exact) mass is 191 g/mol. The highest BCUT2D eigenvalue weighted by Crippen LogP contribution is 2.47. The van der Waals surface area contributed by atoms with Crippen LogP contribution < -0.4 is 5.73 Å². The zero-order valence-corrected chi connectivity index (χ0v) is 9.18. The second-order valence-corrected chi connectivity index (χ2v) is 4.95. The molecule has 2 unspecified atom stereocenters. The van der Waals surface area contributed by atoms with Crippen LogP contribution in [0.1, 0.15) is 39.0 Å². The van der Waals surface area contributed by atoms with E-state index in [0.717, 1.165) is 12.5 Å². The van der Waals surface area contributed by atoms with Gasteiger partial charge < -0.3 is 5.73 Å². The van der Waals surface area contributed by atoms with Crippen LogP contribution in [-0.4, -0.2) is 6.54 Å². The second kappa shape index (κ2) is 3.90. The third kappa shape index (κ3) is 1.93. The van der Waals surface area contributed by atoms with Crippen molar-refractivity contribution in [3.05, 3.63) is 23.3 Å². The Kier molecular flexibility index (Phi) is 2.78. The summed E-state index contributed by atoms with van der Waals surface area (Å²) in [6, 6.07) is 0. The maximum absolute atomic E-state index is 5.83. The average molecular weight is 191 g/mol. The molecule has 0 aromatic heterocycles. The lowest BCUT2D eigenvalue weighted by atomic mass is 9.94. The minimum atomic E-state index is 0.717. The van der Waals surface area contributed by atoms with Gasteiger partial charge in [-0.05, 0) is 31.6 Å². The van der Waals surface area contributed by atoms with Crippen molar-refractivity contribution in [3.8, 4) is 0 Å². The van der Waals surface area contributed by atoms with E-state index in [-0.39, 0.29) is 0 Å². The van der Waals surface area contributed by atoms with Crippen molar-refractivity contribution in [1.29, 1.82) is 0 Å². The van der Waals surface area contributed by atoms with Gasteiger partial charge in [0.1, 0.15) is 0 Å². The van der Waals surface area contributed by atoms with Gasteiger partial charge in [-0.2, -0.15) is 0 Å². The summed E-state index contributed by atoms with van der Waals surface area (Å²) in [5, 5.41) is 0. The van der Waals surface area contributed by atoms with Crippen molar-refractivity contribution in [1.82, 2.24) is 0 Å². The van der Waals surface area contributed by atoms with Gasteiger partial charge in [0.15, 0.2) is 0 Å². The molecule has 0 heterocycles. The van der Waals surface area contributed by atoms with E-state index >= 15 is 0 Å². The topological polar surface area (TPSA) is 26.0 Å². The lowest BCUT2D eigenvalue weighted by molar-refractivity contribution is 0.517. The Bertz CT molecular complexity index is 275. The Morgan fingerprint density at radius 2 is 2.14 bits per heavy atom. The minimum absolute atomic E-state index is 0.717. The molecular formula is C13H21N.